The van der Waals surface area contributed by atoms with Crippen LogP contribution in [0.4, 0.5) is 0 Å². The largest absolute Gasteiger partial charge is 0.385 e. The summed E-state index contributed by atoms with van der Waals surface area (Å²) in [6, 6.07) is -0.0395. The SMILES string of the molecule is COCCCC(N)C(=O)N(C)C(C)C1CC1. The van der Waals surface area contributed by atoms with Gasteiger partial charge >= 0.3 is 0 Å². The highest BCUT2D eigenvalue weighted by molar-refractivity contribution is 5.81. The fourth-order valence-corrected chi connectivity index (χ4v) is 1.93. The Labute approximate surface area is 98.1 Å². The van der Waals surface area contributed by atoms with Gasteiger partial charge in [0.05, 0.1) is 6.04 Å². The monoisotopic (exact) mass is 228 g/mol. The highest BCUT2D eigenvalue weighted by Gasteiger charge is 2.33. The second kappa shape index (κ2) is 6.21. The van der Waals surface area contributed by atoms with Gasteiger partial charge in [-0.3, -0.25) is 4.79 Å². The molecule has 4 nitrogen and oxygen atoms in total. The lowest BCUT2D eigenvalue weighted by Gasteiger charge is -2.27. The van der Waals surface area contributed by atoms with Gasteiger partial charge in [0.2, 0.25) is 5.91 Å². The molecular formula is C12H24N2O2. The van der Waals surface area contributed by atoms with Crippen molar-refractivity contribution >= 4 is 5.91 Å². The van der Waals surface area contributed by atoms with Crippen molar-refractivity contribution in [2.45, 2.75) is 44.7 Å². The van der Waals surface area contributed by atoms with E-state index in [0.717, 1.165) is 6.42 Å². The third-order valence-electron chi connectivity index (χ3n) is 3.44. The minimum Gasteiger partial charge on any atom is -0.385 e. The molecule has 0 radical (unpaired) electrons. The van der Waals surface area contributed by atoms with Crippen LogP contribution in [0.1, 0.15) is 32.6 Å². The molecule has 4 heteroatoms. The molecule has 0 bridgehead atoms. The molecule has 0 spiro atoms. The number of nitrogens with two attached hydrogens (primary N) is 1. The Bertz CT molecular complexity index is 229. The Morgan fingerprint density at radius 1 is 1.56 bits per heavy atom. The van der Waals surface area contributed by atoms with Crippen LogP contribution in [0.25, 0.3) is 0 Å². The van der Waals surface area contributed by atoms with Crippen LogP contribution >= 0.6 is 0 Å². The van der Waals surface area contributed by atoms with E-state index in [1.807, 2.05) is 11.9 Å². The maximum atomic E-state index is 12.0. The Morgan fingerprint density at radius 3 is 2.69 bits per heavy atom. The summed E-state index contributed by atoms with van der Waals surface area (Å²) in [4.78, 5) is 13.8. The van der Waals surface area contributed by atoms with Crippen LogP contribution in [0.5, 0.6) is 0 Å². The lowest BCUT2D eigenvalue weighted by atomic mass is 10.1. The van der Waals surface area contributed by atoms with Gasteiger partial charge in [0, 0.05) is 26.8 Å². The Morgan fingerprint density at radius 2 is 2.19 bits per heavy atom. The number of ether oxygens (including phenoxy) is 1. The second-order valence-electron chi connectivity index (χ2n) is 4.77. The number of nitrogens with zero attached hydrogens (tertiary/aromatic N) is 1. The first kappa shape index (κ1) is 13.5. The molecule has 1 aliphatic carbocycles. The highest BCUT2D eigenvalue weighted by atomic mass is 16.5. The summed E-state index contributed by atoms with van der Waals surface area (Å²) in [6.45, 7) is 2.78. The van der Waals surface area contributed by atoms with Gasteiger partial charge in [-0.05, 0) is 38.5 Å². The van der Waals surface area contributed by atoms with Crippen LogP contribution in [0, 0.1) is 5.92 Å². The van der Waals surface area contributed by atoms with E-state index >= 15 is 0 Å². The molecule has 94 valence electrons. The lowest BCUT2D eigenvalue weighted by molar-refractivity contribution is -0.133. The number of methoxy groups -OCH3 is 1. The molecule has 0 saturated heterocycles. The van der Waals surface area contributed by atoms with E-state index in [4.69, 9.17) is 10.5 Å². The molecule has 2 N–H and O–H groups in total. The van der Waals surface area contributed by atoms with Gasteiger partial charge in [-0.1, -0.05) is 0 Å². The van der Waals surface area contributed by atoms with Crippen LogP contribution in [0.15, 0.2) is 0 Å². The van der Waals surface area contributed by atoms with Crippen LogP contribution in [0.3, 0.4) is 0 Å². The van der Waals surface area contributed by atoms with Crippen molar-refractivity contribution in [3.8, 4) is 0 Å². The molecule has 0 heterocycles. The van der Waals surface area contributed by atoms with E-state index in [1.165, 1.54) is 12.8 Å². The lowest BCUT2D eigenvalue weighted by Crippen LogP contribution is -2.46. The number of rotatable bonds is 7. The number of likely N-dealkylation sites (N-methyl/N-ethyl adjacent to an activating group) is 1. The van der Waals surface area contributed by atoms with Gasteiger partial charge in [0.1, 0.15) is 0 Å². The molecule has 0 aromatic carbocycles. The normalized spacial score (nSPS) is 19.2. The zero-order chi connectivity index (χ0) is 12.1. The number of amides is 1. The van der Waals surface area contributed by atoms with Gasteiger partial charge in [-0.25, -0.2) is 0 Å². The second-order valence-corrected chi connectivity index (χ2v) is 4.77. The average molecular weight is 228 g/mol. The molecule has 0 aliphatic heterocycles. The minimum atomic E-state index is -0.374. The summed E-state index contributed by atoms with van der Waals surface area (Å²) in [5, 5.41) is 0. The fraction of sp³-hybridized carbons (Fsp3) is 0.917. The number of carbonyl (C=O) groups is 1. The predicted octanol–water partition coefficient (Wildman–Crippen LogP) is 0.997. The van der Waals surface area contributed by atoms with Gasteiger partial charge in [0.15, 0.2) is 0 Å². The minimum absolute atomic E-state index is 0.0653. The molecule has 0 aromatic heterocycles. The van der Waals surface area contributed by atoms with Gasteiger partial charge in [0.25, 0.3) is 0 Å². The summed E-state index contributed by atoms with van der Waals surface area (Å²) in [7, 11) is 3.52. The molecule has 1 rings (SSSR count). The van der Waals surface area contributed by atoms with Crippen LogP contribution < -0.4 is 5.73 Å². The number of hydrogen-bond acceptors (Lipinski definition) is 3. The zero-order valence-electron chi connectivity index (χ0n) is 10.6. The van der Waals surface area contributed by atoms with Gasteiger partial charge in [-0.2, -0.15) is 0 Å². The predicted molar refractivity (Wildman–Crippen MR) is 64.0 cm³/mol. The van der Waals surface area contributed by atoms with E-state index in [-0.39, 0.29) is 11.9 Å². The van der Waals surface area contributed by atoms with E-state index in [1.54, 1.807) is 7.11 Å². The van der Waals surface area contributed by atoms with Crippen molar-refractivity contribution in [2.24, 2.45) is 11.7 Å². The summed E-state index contributed by atoms with van der Waals surface area (Å²) in [5.41, 5.74) is 5.87. The molecule has 0 aromatic rings. The molecule has 2 atom stereocenters. The number of hydrogen-bond donors (Lipinski definition) is 1. The standard InChI is InChI=1S/C12H24N2O2/c1-9(10-6-7-10)14(2)12(15)11(13)5-4-8-16-3/h9-11H,4-8,13H2,1-3H3. The van der Waals surface area contributed by atoms with Gasteiger partial charge in [-0.15, -0.1) is 0 Å². The third-order valence-corrected chi connectivity index (χ3v) is 3.44. The molecule has 1 fully saturated rings. The molecule has 1 saturated carbocycles. The quantitative estimate of drug-likeness (QED) is 0.661. The van der Waals surface area contributed by atoms with E-state index in [0.29, 0.717) is 25.0 Å². The summed E-state index contributed by atoms with van der Waals surface area (Å²) in [6.07, 6.45) is 4.04. The van der Waals surface area contributed by atoms with E-state index < -0.39 is 0 Å². The summed E-state index contributed by atoms with van der Waals surface area (Å²) >= 11 is 0. The maximum absolute atomic E-state index is 12.0. The van der Waals surface area contributed by atoms with Crippen molar-refractivity contribution in [3.05, 3.63) is 0 Å². The Balaban J connectivity index is 2.30. The van der Waals surface area contributed by atoms with Crippen molar-refractivity contribution < 1.29 is 9.53 Å². The molecule has 1 amide bonds. The first-order valence-electron chi connectivity index (χ1n) is 6.09. The Hall–Kier alpha value is -0.610. The van der Waals surface area contributed by atoms with Crippen molar-refractivity contribution in [1.82, 2.24) is 4.90 Å². The van der Waals surface area contributed by atoms with Crippen LogP contribution in [0.2, 0.25) is 0 Å². The maximum Gasteiger partial charge on any atom is 0.239 e. The van der Waals surface area contributed by atoms with Crippen LogP contribution in [-0.4, -0.2) is 43.7 Å². The smallest absolute Gasteiger partial charge is 0.239 e. The first-order valence-corrected chi connectivity index (χ1v) is 6.09. The summed E-state index contributed by atoms with van der Waals surface area (Å²) < 4.78 is 4.95. The van der Waals surface area contributed by atoms with Crippen molar-refractivity contribution in [2.75, 3.05) is 20.8 Å². The highest BCUT2D eigenvalue weighted by Crippen LogP contribution is 2.34. The molecular weight excluding hydrogens is 204 g/mol. The van der Waals surface area contributed by atoms with Gasteiger partial charge < -0.3 is 15.4 Å². The Kier molecular flexibility index (Phi) is 5.22. The number of carbonyl (C=O) groups excluding carboxylic acids is 1. The first-order chi connectivity index (χ1) is 7.57. The van der Waals surface area contributed by atoms with Crippen molar-refractivity contribution in [3.63, 3.8) is 0 Å². The summed E-state index contributed by atoms with van der Waals surface area (Å²) in [5.74, 6) is 0.760. The van der Waals surface area contributed by atoms with E-state index in [9.17, 15) is 4.79 Å². The molecule has 1 aliphatic rings. The zero-order valence-corrected chi connectivity index (χ0v) is 10.6. The van der Waals surface area contributed by atoms with Crippen LogP contribution in [-0.2, 0) is 9.53 Å². The third kappa shape index (κ3) is 3.76. The van der Waals surface area contributed by atoms with E-state index in [2.05, 4.69) is 6.92 Å². The average Bonchev–Trinajstić information content (AvgIpc) is 3.10. The molecule has 16 heavy (non-hydrogen) atoms. The topological polar surface area (TPSA) is 55.6 Å². The molecule has 2 unspecified atom stereocenters. The fourth-order valence-electron chi connectivity index (χ4n) is 1.93. The van der Waals surface area contributed by atoms with Crippen molar-refractivity contribution in [1.29, 1.82) is 0 Å².